The van der Waals surface area contributed by atoms with Crippen LogP contribution in [0.5, 0.6) is 0 Å². The third kappa shape index (κ3) is 1.76. The molecule has 0 aliphatic carbocycles. The Morgan fingerprint density at radius 1 is 1.26 bits per heavy atom. The summed E-state index contributed by atoms with van der Waals surface area (Å²) in [6.45, 7) is 1.75. The molecular weight excluding hydrogens is 242 g/mol. The van der Waals surface area contributed by atoms with Crippen LogP contribution in [0.1, 0.15) is 16.1 Å². The van der Waals surface area contributed by atoms with Crippen molar-refractivity contribution in [3.05, 3.63) is 47.8 Å². The number of aromatic amines is 1. The molecule has 0 atom stereocenters. The summed E-state index contributed by atoms with van der Waals surface area (Å²) in [7, 11) is 0. The number of aromatic nitrogens is 3. The summed E-state index contributed by atoms with van der Waals surface area (Å²) in [5.74, 6) is -1.00. The second-order valence-electron chi connectivity index (χ2n) is 4.25. The Morgan fingerprint density at radius 3 is 2.84 bits per heavy atom. The summed E-state index contributed by atoms with van der Waals surface area (Å²) in [5, 5.41) is 16.7. The first-order chi connectivity index (χ1) is 9.18. The van der Waals surface area contributed by atoms with Crippen molar-refractivity contribution in [3.63, 3.8) is 0 Å². The number of carboxylic acid groups (broad SMARTS) is 1. The maximum Gasteiger partial charge on any atom is 0.354 e. The first-order valence-electron chi connectivity index (χ1n) is 5.81. The van der Waals surface area contributed by atoms with Crippen molar-refractivity contribution in [1.29, 1.82) is 0 Å². The number of nitrogens with one attached hydrogen (secondary N) is 1. The lowest BCUT2D eigenvalue weighted by Crippen LogP contribution is -1.98. The van der Waals surface area contributed by atoms with Gasteiger partial charge in [0.2, 0.25) is 0 Å². The minimum Gasteiger partial charge on any atom is -0.477 e. The van der Waals surface area contributed by atoms with Gasteiger partial charge in [0.05, 0.1) is 11.2 Å². The van der Waals surface area contributed by atoms with Crippen LogP contribution in [0.3, 0.4) is 0 Å². The van der Waals surface area contributed by atoms with Crippen molar-refractivity contribution in [3.8, 4) is 11.3 Å². The van der Waals surface area contributed by atoms with Crippen molar-refractivity contribution in [2.24, 2.45) is 0 Å². The van der Waals surface area contributed by atoms with Crippen LogP contribution in [-0.4, -0.2) is 26.3 Å². The van der Waals surface area contributed by atoms with Crippen molar-refractivity contribution >= 4 is 16.9 Å². The number of carbonyl (C=O) groups is 1. The van der Waals surface area contributed by atoms with Crippen molar-refractivity contribution < 1.29 is 9.90 Å². The Hall–Kier alpha value is -2.69. The summed E-state index contributed by atoms with van der Waals surface area (Å²) in [6, 6.07) is 9.52. The molecule has 0 amide bonds. The van der Waals surface area contributed by atoms with Gasteiger partial charge in [0.25, 0.3) is 0 Å². The van der Waals surface area contributed by atoms with Crippen LogP contribution >= 0.6 is 0 Å². The van der Waals surface area contributed by atoms with E-state index in [4.69, 9.17) is 5.11 Å². The predicted molar refractivity (Wildman–Crippen MR) is 71.0 cm³/mol. The van der Waals surface area contributed by atoms with Gasteiger partial charge in [0, 0.05) is 22.7 Å². The lowest BCUT2D eigenvalue weighted by molar-refractivity contribution is 0.0689. The molecule has 0 spiro atoms. The monoisotopic (exact) mass is 253 g/mol. The van der Waals surface area contributed by atoms with Crippen LogP contribution in [-0.2, 0) is 0 Å². The van der Waals surface area contributed by atoms with Crippen LogP contribution in [0.4, 0.5) is 0 Å². The van der Waals surface area contributed by atoms with E-state index in [1.165, 1.54) is 0 Å². The fourth-order valence-electron chi connectivity index (χ4n) is 2.18. The Kier molecular flexibility index (Phi) is 2.52. The molecule has 2 aromatic heterocycles. The Bertz CT molecular complexity index is 772. The molecule has 0 aliphatic rings. The van der Waals surface area contributed by atoms with E-state index in [-0.39, 0.29) is 5.69 Å². The average molecular weight is 253 g/mol. The number of carboxylic acids is 1. The number of rotatable bonds is 2. The third-order valence-electron chi connectivity index (χ3n) is 3.12. The molecule has 0 radical (unpaired) electrons. The zero-order chi connectivity index (χ0) is 13.4. The van der Waals surface area contributed by atoms with Gasteiger partial charge in [0.1, 0.15) is 5.69 Å². The molecule has 2 N–H and O–H groups in total. The summed E-state index contributed by atoms with van der Waals surface area (Å²) in [6.07, 6.45) is 1.73. The molecule has 2 heterocycles. The molecule has 94 valence electrons. The topological polar surface area (TPSA) is 78.9 Å². The Morgan fingerprint density at radius 2 is 2.11 bits per heavy atom. The summed E-state index contributed by atoms with van der Waals surface area (Å²) >= 11 is 0. The minimum atomic E-state index is -1.00. The normalized spacial score (nSPS) is 10.8. The SMILES string of the molecule is Cc1c(-c2cccc3ncccc23)n[nH]c1C(=O)O. The van der Waals surface area contributed by atoms with Crippen molar-refractivity contribution in [2.75, 3.05) is 0 Å². The zero-order valence-corrected chi connectivity index (χ0v) is 10.2. The van der Waals surface area contributed by atoms with E-state index < -0.39 is 5.97 Å². The van der Waals surface area contributed by atoms with E-state index in [1.54, 1.807) is 13.1 Å². The van der Waals surface area contributed by atoms with E-state index >= 15 is 0 Å². The number of H-pyrrole nitrogens is 1. The van der Waals surface area contributed by atoms with Gasteiger partial charge in [-0.3, -0.25) is 10.1 Å². The van der Waals surface area contributed by atoms with Gasteiger partial charge in [-0.15, -0.1) is 0 Å². The second-order valence-corrected chi connectivity index (χ2v) is 4.25. The standard InChI is InChI=1S/C14H11N3O2/c1-8-12(16-17-13(8)14(18)19)10-4-2-6-11-9(10)5-3-7-15-11/h2-7H,1H3,(H,16,17)(H,18,19). The molecule has 0 unspecified atom stereocenters. The average Bonchev–Trinajstić information content (AvgIpc) is 2.80. The van der Waals surface area contributed by atoms with Crippen LogP contribution in [0, 0.1) is 6.92 Å². The third-order valence-corrected chi connectivity index (χ3v) is 3.12. The van der Waals surface area contributed by atoms with Crippen molar-refractivity contribution in [1.82, 2.24) is 15.2 Å². The van der Waals surface area contributed by atoms with Gasteiger partial charge in [-0.05, 0) is 19.1 Å². The summed E-state index contributed by atoms with van der Waals surface area (Å²) in [4.78, 5) is 15.3. The number of hydrogen-bond donors (Lipinski definition) is 2. The molecule has 3 aromatic rings. The molecular formula is C14H11N3O2. The van der Waals surface area contributed by atoms with Crippen LogP contribution in [0.2, 0.25) is 0 Å². The molecule has 0 saturated carbocycles. The number of benzene rings is 1. The van der Waals surface area contributed by atoms with Crippen LogP contribution in [0.25, 0.3) is 22.2 Å². The first kappa shape index (κ1) is 11.4. The molecule has 0 fully saturated rings. The molecule has 19 heavy (non-hydrogen) atoms. The molecule has 5 nitrogen and oxygen atoms in total. The van der Waals surface area contributed by atoms with Crippen LogP contribution < -0.4 is 0 Å². The zero-order valence-electron chi connectivity index (χ0n) is 10.2. The lowest BCUT2D eigenvalue weighted by Gasteiger charge is -2.04. The van der Waals surface area contributed by atoms with E-state index in [9.17, 15) is 4.79 Å². The van der Waals surface area contributed by atoms with E-state index in [0.717, 1.165) is 16.5 Å². The highest BCUT2D eigenvalue weighted by Gasteiger charge is 2.17. The van der Waals surface area contributed by atoms with E-state index in [0.29, 0.717) is 11.3 Å². The van der Waals surface area contributed by atoms with Gasteiger partial charge in [0.15, 0.2) is 0 Å². The highest BCUT2D eigenvalue weighted by Crippen LogP contribution is 2.29. The highest BCUT2D eigenvalue weighted by molar-refractivity contribution is 5.96. The van der Waals surface area contributed by atoms with Crippen LogP contribution in [0.15, 0.2) is 36.5 Å². The van der Waals surface area contributed by atoms with Crippen molar-refractivity contribution in [2.45, 2.75) is 6.92 Å². The number of hydrogen-bond acceptors (Lipinski definition) is 3. The molecule has 0 bridgehead atoms. The lowest BCUT2D eigenvalue weighted by atomic mass is 10.0. The summed E-state index contributed by atoms with van der Waals surface area (Å²) in [5.41, 5.74) is 3.14. The maximum atomic E-state index is 11.0. The smallest absolute Gasteiger partial charge is 0.354 e. The molecule has 1 aromatic carbocycles. The Balaban J connectivity index is 2.28. The number of nitrogens with zero attached hydrogens (tertiary/aromatic N) is 2. The molecule has 5 heteroatoms. The minimum absolute atomic E-state index is 0.121. The second kappa shape index (κ2) is 4.20. The quantitative estimate of drug-likeness (QED) is 0.735. The van der Waals surface area contributed by atoms with E-state index in [2.05, 4.69) is 15.2 Å². The fraction of sp³-hybridized carbons (Fsp3) is 0.0714. The van der Waals surface area contributed by atoms with Gasteiger partial charge in [-0.1, -0.05) is 18.2 Å². The van der Waals surface area contributed by atoms with Gasteiger partial charge in [-0.25, -0.2) is 4.79 Å². The van der Waals surface area contributed by atoms with E-state index in [1.807, 2.05) is 30.3 Å². The molecule has 0 saturated heterocycles. The molecule has 0 aliphatic heterocycles. The number of aromatic carboxylic acids is 1. The predicted octanol–water partition coefficient (Wildman–Crippen LogP) is 2.63. The Labute approximate surface area is 108 Å². The highest BCUT2D eigenvalue weighted by atomic mass is 16.4. The largest absolute Gasteiger partial charge is 0.477 e. The van der Waals surface area contributed by atoms with Gasteiger partial charge < -0.3 is 5.11 Å². The number of fused-ring (bicyclic) bond motifs is 1. The fourth-order valence-corrected chi connectivity index (χ4v) is 2.18. The number of pyridine rings is 1. The summed E-state index contributed by atoms with van der Waals surface area (Å²) < 4.78 is 0. The molecule has 3 rings (SSSR count). The maximum absolute atomic E-state index is 11.0. The van der Waals surface area contributed by atoms with Gasteiger partial charge in [-0.2, -0.15) is 5.10 Å². The van der Waals surface area contributed by atoms with Gasteiger partial charge >= 0.3 is 5.97 Å². The first-order valence-corrected chi connectivity index (χ1v) is 5.81.